The molecule has 2 aromatic rings. The maximum atomic E-state index is 3.75. The first-order valence-corrected chi connectivity index (χ1v) is 9.42. The van der Waals surface area contributed by atoms with Crippen LogP contribution >= 0.6 is 23.1 Å². The van der Waals surface area contributed by atoms with Gasteiger partial charge in [0.05, 0.1) is 0 Å². The fourth-order valence-corrected chi connectivity index (χ4v) is 4.74. The van der Waals surface area contributed by atoms with E-state index in [-0.39, 0.29) is 0 Å². The van der Waals surface area contributed by atoms with Crippen LogP contribution in [0.2, 0.25) is 0 Å². The molecular weight excluding hydrogens is 282 g/mol. The molecule has 3 heteroatoms. The molecule has 1 aromatic heterocycles. The van der Waals surface area contributed by atoms with Gasteiger partial charge in [0.2, 0.25) is 0 Å². The molecule has 0 spiro atoms. The third kappa shape index (κ3) is 3.27. The third-order valence-electron chi connectivity index (χ3n) is 4.05. The van der Waals surface area contributed by atoms with E-state index < -0.39 is 0 Å². The standard InChI is InChI=1S/C17H21NS2/c1-19-17-9-5-8-16(17)18-11-15-10-14(12-20-15)13-6-3-2-4-7-13/h2-4,6-7,10,12,16-18H,5,8-9,11H2,1H3. The van der Waals surface area contributed by atoms with Gasteiger partial charge in [0.1, 0.15) is 0 Å². The highest BCUT2D eigenvalue weighted by Gasteiger charge is 2.25. The summed E-state index contributed by atoms with van der Waals surface area (Å²) in [6, 6.07) is 13.7. The summed E-state index contributed by atoms with van der Waals surface area (Å²) in [5, 5.41) is 6.83. The van der Waals surface area contributed by atoms with Gasteiger partial charge in [-0.15, -0.1) is 11.3 Å². The Morgan fingerprint density at radius 1 is 1.20 bits per heavy atom. The van der Waals surface area contributed by atoms with Gasteiger partial charge in [-0.3, -0.25) is 0 Å². The minimum Gasteiger partial charge on any atom is -0.308 e. The van der Waals surface area contributed by atoms with Crippen LogP contribution in [0.1, 0.15) is 24.1 Å². The minimum atomic E-state index is 0.701. The van der Waals surface area contributed by atoms with E-state index in [1.165, 1.54) is 35.3 Å². The summed E-state index contributed by atoms with van der Waals surface area (Å²) in [7, 11) is 0. The Bertz CT molecular complexity index is 535. The Morgan fingerprint density at radius 3 is 2.85 bits per heavy atom. The lowest BCUT2D eigenvalue weighted by molar-refractivity contribution is 0.535. The molecule has 1 heterocycles. The summed E-state index contributed by atoms with van der Waals surface area (Å²) < 4.78 is 0. The van der Waals surface area contributed by atoms with E-state index in [1.54, 1.807) is 0 Å². The molecule has 20 heavy (non-hydrogen) atoms. The lowest BCUT2D eigenvalue weighted by Crippen LogP contribution is -2.33. The predicted molar refractivity (Wildman–Crippen MR) is 91.5 cm³/mol. The van der Waals surface area contributed by atoms with Gasteiger partial charge >= 0.3 is 0 Å². The highest BCUT2D eigenvalue weighted by molar-refractivity contribution is 7.99. The first kappa shape index (κ1) is 14.2. The van der Waals surface area contributed by atoms with Crippen LogP contribution in [0.15, 0.2) is 41.8 Å². The van der Waals surface area contributed by atoms with Gasteiger partial charge in [0, 0.05) is 22.7 Å². The lowest BCUT2D eigenvalue weighted by atomic mass is 10.1. The highest BCUT2D eigenvalue weighted by atomic mass is 32.2. The van der Waals surface area contributed by atoms with Gasteiger partial charge in [-0.25, -0.2) is 0 Å². The first-order valence-electron chi connectivity index (χ1n) is 7.26. The topological polar surface area (TPSA) is 12.0 Å². The van der Waals surface area contributed by atoms with Gasteiger partial charge in [-0.1, -0.05) is 36.8 Å². The monoisotopic (exact) mass is 303 g/mol. The second-order valence-electron chi connectivity index (χ2n) is 5.36. The van der Waals surface area contributed by atoms with Gasteiger partial charge in [-0.05, 0) is 41.7 Å². The molecule has 0 saturated heterocycles. The smallest absolute Gasteiger partial charge is 0.0302 e. The van der Waals surface area contributed by atoms with E-state index >= 15 is 0 Å². The number of hydrogen-bond acceptors (Lipinski definition) is 3. The minimum absolute atomic E-state index is 0.701. The number of hydrogen-bond donors (Lipinski definition) is 1. The average Bonchev–Trinajstić information content (AvgIpc) is 3.15. The summed E-state index contributed by atoms with van der Waals surface area (Å²) in [4.78, 5) is 1.44. The molecule has 1 nitrogen and oxygen atoms in total. The quantitative estimate of drug-likeness (QED) is 0.852. The van der Waals surface area contributed by atoms with Gasteiger partial charge in [0.15, 0.2) is 0 Å². The summed E-state index contributed by atoms with van der Waals surface area (Å²) in [6.07, 6.45) is 6.33. The molecule has 3 rings (SSSR count). The van der Waals surface area contributed by atoms with Crippen LogP contribution in [0.4, 0.5) is 0 Å². The predicted octanol–water partition coefficient (Wildman–Crippen LogP) is 4.79. The number of thiophene rings is 1. The normalized spacial score (nSPS) is 22.2. The Hall–Kier alpha value is -0.770. The van der Waals surface area contributed by atoms with Crippen LogP contribution in [-0.4, -0.2) is 17.5 Å². The van der Waals surface area contributed by atoms with Crippen LogP contribution < -0.4 is 5.32 Å². The number of thioether (sulfide) groups is 1. The molecule has 1 fully saturated rings. The third-order valence-corrected chi connectivity index (χ3v) is 6.16. The molecule has 0 bridgehead atoms. The second-order valence-corrected chi connectivity index (χ2v) is 7.43. The van der Waals surface area contributed by atoms with E-state index in [2.05, 4.69) is 53.4 Å². The second kappa shape index (κ2) is 6.79. The molecule has 2 atom stereocenters. The Balaban J connectivity index is 1.60. The van der Waals surface area contributed by atoms with Crippen molar-refractivity contribution in [2.75, 3.05) is 6.26 Å². The Kier molecular flexibility index (Phi) is 4.81. The molecule has 1 N–H and O–H groups in total. The molecule has 1 aliphatic carbocycles. The van der Waals surface area contributed by atoms with E-state index in [4.69, 9.17) is 0 Å². The van der Waals surface area contributed by atoms with Crippen LogP contribution in [-0.2, 0) is 6.54 Å². The van der Waals surface area contributed by atoms with Crippen LogP contribution in [0, 0.1) is 0 Å². The van der Waals surface area contributed by atoms with E-state index in [9.17, 15) is 0 Å². The van der Waals surface area contributed by atoms with E-state index in [0.717, 1.165) is 11.8 Å². The van der Waals surface area contributed by atoms with Crippen molar-refractivity contribution in [3.63, 3.8) is 0 Å². The van der Waals surface area contributed by atoms with Crippen molar-refractivity contribution in [3.8, 4) is 11.1 Å². The van der Waals surface area contributed by atoms with Crippen LogP contribution in [0.25, 0.3) is 11.1 Å². The number of rotatable bonds is 5. The van der Waals surface area contributed by atoms with Crippen LogP contribution in [0.5, 0.6) is 0 Å². The van der Waals surface area contributed by atoms with Gasteiger partial charge < -0.3 is 5.32 Å². The lowest BCUT2D eigenvalue weighted by Gasteiger charge is -2.18. The van der Waals surface area contributed by atoms with Gasteiger partial charge in [0.25, 0.3) is 0 Å². The summed E-state index contributed by atoms with van der Waals surface area (Å²) in [6.45, 7) is 1.01. The van der Waals surface area contributed by atoms with Crippen molar-refractivity contribution in [1.82, 2.24) is 5.32 Å². The molecule has 1 saturated carbocycles. The average molecular weight is 303 g/mol. The van der Waals surface area contributed by atoms with Crippen molar-refractivity contribution in [2.45, 2.75) is 37.1 Å². The molecule has 106 valence electrons. The van der Waals surface area contributed by atoms with E-state index in [1.807, 2.05) is 23.1 Å². The molecule has 1 aliphatic rings. The molecule has 2 unspecified atom stereocenters. The zero-order valence-corrected chi connectivity index (χ0v) is 13.5. The van der Waals surface area contributed by atoms with Crippen LogP contribution in [0.3, 0.4) is 0 Å². The fourth-order valence-electron chi connectivity index (χ4n) is 2.93. The zero-order chi connectivity index (χ0) is 13.8. The fraction of sp³-hybridized carbons (Fsp3) is 0.412. The van der Waals surface area contributed by atoms with Crippen molar-refractivity contribution in [3.05, 3.63) is 46.7 Å². The molecule has 0 amide bonds. The Morgan fingerprint density at radius 2 is 2.05 bits per heavy atom. The zero-order valence-electron chi connectivity index (χ0n) is 11.8. The summed E-state index contributed by atoms with van der Waals surface area (Å²) >= 11 is 3.89. The summed E-state index contributed by atoms with van der Waals surface area (Å²) in [5.41, 5.74) is 2.66. The maximum Gasteiger partial charge on any atom is 0.0302 e. The number of nitrogens with one attached hydrogen (secondary N) is 1. The summed E-state index contributed by atoms with van der Waals surface area (Å²) in [5.74, 6) is 0. The van der Waals surface area contributed by atoms with Crippen molar-refractivity contribution >= 4 is 23.1 Å². The van der Waals surface area contributed by atoms with E-state index in [0.29, 0.717) is 6.04 Å². The van der Waals surface area contributed by atoms with Crippen molar-refractivity contribution in [2.24, 2.45) is 0 Å². The van der Waals surface area contributed by atoms with Crippen molar-refractivity contribution in [1.29, 1.82) is 0 Å². The SMILES string of the molecule is CSC1CCCC1NCc1cc(-c2ccccc2)cs1. The molecule has 0 aliphatic heterocycles. The number of benzene rings is 1. The highest BCUT2D eigenvalue weighted by Crippen LogP contribution is 2.29. The maximum absolute atomic E-state index is 3.75. The first-order chi connectivity index (χ1) is 9.86. The molecule has 0 radical (unpaired) electrons. The largest absolute Gasteiger partial charge is 0.308 e. The van der Waals surface area contributed by atoms with Gasteiger partial charge in [-0.2, -0.15) is 11.8 Å². The molecular formula is C17H21NS2. The van der Waals surface area contributed by atoms with Crippen molar-refractivity contribution < 1.29 is 0 Å². The molecule has 1 aromatic carbocycles. The Labute approximate surface area is 129 Å².